The lowest BCUT2D eigenvalue weighted by Gasteiger charge is -2.36. The van der Waals surface area contributed by atoms with Crippen LogP contribution >= 0.6 is 0 Å². The Bertz CT molecular complexity index is 337. The molecule has 0 saturated carbocycles. The normalized spacial score (nSPS) is 30.7. The molecule has 5 nitrogen and oxygen atoms in total. The van der Waals surface area contributed by atoms with Crippen molar-refractivity contribution in [2.45, 2.75) is 32.7 Å². The molecule has 2 atom stereocenters. The molecule has 0 bridgehead atoms. The molecule has 2 rings (SSSR count). The van der Waals surface area contributed by atoms with Gasteiger partial charge in [0.1, 0.15) is 0 Å². The molecular weight excluding hydrogens is 232 g/mol. The van der Waals surface area contributed by atoms with Crippen molar-refractivity contribution < 1.29 is 14.7 Å². The van der Waals surface area contributed by atoms with Crippen molar-refractivity contribution in [3.05, 3.63) is 0 Å². The fourth-order valence-electron chi connectivity index (χ4n) is 3.17. The summed E-state index contributed by atoms with van der Waals surface area (Å²) >= 11 is 0. The van der Waals surface area contributed by atoms with E-state index in [9.17, 15) is 9.59 Å². The van der Waals surface area contributed by atoms with Crippen LogP contribution in [0, 0.1) is 11.8 Å². The van der Waals surface area contributed by atoms with Crippen molar-refractivity contribution in [1.29, 1.82) is 0 Å². The Morgan fingerprint density at radius 2 is 1.78 bits per heavy atom. The first-order valence-electron chi connectivity index (χ1n) is 6.71. The molecule has 1 N–H and O–H groups in total. The van der Waals surface area contributed by atoms with Gasteiger partial charge in [0.2, 0.25) is 5.91 Å². The van der Waals surface area contributed by atoms with Crippen LogP contribution in [-0.4, -0.2) is 59.0 Å². The number of aliphatic carboxylic acids is 1. The minimum atomic E-state index is -0.675. The van der Waals surface area contributed by atoms with Gasteiger partial charge in [-0.1, -0.05) is 6.92 Å². The quantitative estimate of drug-likeness (QED) is 0.786. The topological polar surface area (TPSA) is 60.9 Å². The second-order valence-corrected chi connectivity index (χ2v) is 5.61. The van der Waals surface area contributed by atoms with Gasteiger partial charge >= 0.3 is 5.97 Å². The van der Waals surface area contributed by atoms with Crippen LogP contribution in [0.25, 0.3) is 0 Å². The Balaban J connectivity index is 1.88. The number of carboxylic acid groups (broad SMARTS) is 1. The van der Waals surface area contributed by atoms with Gasteiger partial charge in [-0.15, -0.1) is 0 Å². The van der Waals surface area contributed by atoms with E-state index in [-0.39, 0.29) is 17.7 Å². The first-order chi connectivity index (χ1) is 8.49. The van der Waals surface area contributed by atoms with Crippen molar-refractivity contribution in [1.82, 2.24) is 9.80 Å². The lowest BCUT2D eigenvalue weighted by atomic mass is 9.99. The van der Waals surface area contributed by atoms with E-state index in [2.05, 4.69) is 4.90 Å². The van der Waals surface area contributed by atoms with Gasteiger partial charge in [0.05, 0.1) is 5.92 Å². The number of nitrogens with zero attached hydrogens (tertiary/aromatic N) is 2. The molecule has 2 aliphatic heterocycles. The fraction of sp³-hybridized carbons (Fsp3) is 0.846. The Kier molecular flexibility index (Phi) is 3.90. The summed E-state index contributed by atoms with van der Waals surface area (Å²) in [5, 5.41) is 9.14. The Labute approximate surface area is 108 Å². The summed E-state index contributed by atoms with van der Waals surface area (Å²) < 4.78 is 0. The number of carboxylic acids is 1. The minimum Gasteiger partial charge on any atom is -0.481 e. The molecule has 0 spiro atoms. The van der Waals surface area contributed by atoms with Gasteiger partial charge in [-0.3, -0.25) is 14.5 Å². The number of piperidine rings is 1. The van der Waals surface area contributed by atoms with Crippen LogP contribution in [0.15, 0.2) is 0 Å². The van der Waals surface area contributed by atoms with Crippen molar-refractivity contribution in [2.75, 3.05) is 26.2 Å². The molecule has 2 heterocycles. The lowest BCUT2D eigenvalue weighted by molar-refractivity contribution is -0.142. The summed E-state index contributed by atoms with van der Waals surface area (Å²) in [5.41, 5.74) is 0. The number of hydrogen-bond donors (Lipinski definition) is 1. The van der Waals surface area contributed by atoms with Crippen LogP contribution in [0.5, 0.6) is 0 Å². The SMILES string of the molecule is CC(=O)N1CCC(N2C[C@@H](C)[C@H](C(=O)O)C2)CC1. The molecule has 18 heavy (non-hydrogen) atoms. The summed E-state index contributed by atoms with van der Waals surface area (Å²) in [6.07, 6.45) is 1.94. The van der Waals surface area contributed by atoms with Crippen molar-refractivity contribution in [3.8, 4) is 0 Å². The zero-order valence-corrected chi connectivity index (χ0v) is 11.1. The standard InChI is InChI=1S/C13H22N2O3/c1-9-7-15(8-12(9)13(17)18)11-3-5-14(6-4-11)10(2)16/h9,11-12H,3-8H2,1-2H3,(H,17,18)/t9-,12-/m1/s1. The average Bonchev–Trinajstić information content (AvgIpc) is 2.71. The molecule has 1 amide bonds. The monoisotopic (exact) mass is 254 g/mol. The maximum absolute atomic E-state index is 11.3. The van der Waals surface area contributed by atoms with E-state index in [0.29, 0.717) is 12.6 Å². The van der Waals surface area contributed by atoms with Gasteiger partial charge in [0.25, 0.3) is 0 Å². The summed E-state index contributed by atoms with van der Waals surface area (Å²) in [5.74, 6) is -0.526. The van der Waals surface area contributed by atoms with Gasteiger partial charge < -0.3 is 10.0 Å². The Hall–Kier alpha value is -1.10. The van der Waals surface area contributed by atoms with Gasteiger partial charge in [0.15, 0.2) is 0 Å². The van der Waals surface area contributed by atoms with Crippen LogP contribution in [0.2, 0.25) is 0 Å². The first kappa shape index (κ1) is 13.3. The number of amides is 1. The zero-order valence-electron chi connectivity index (χ0n) is 11.1. The smallest absolute Gasteiger partial charge is 0.308 e. The zero-order chi connectivity index (χ0) is 13.3. The number of carbonyl (C=O) groups excluding carboxylic acids is 1. The fourth-order valence-corrected chi connectivity index (χ4v) is 3.17. The van der Waals surface area contributed by atoms with Crippen molar-refractivity contribution in [2.24, 2.45) is 11.8 Å². The predicted molar refractivity (Wildman–Crippen MR) is 67.1 cm³/mol. The third-order valence-corrected chi connectivity index (χ3v) is 4.38. The molecule has 0 aliphatic carbocycles. The second-order valence-electron chi connectivity index (χ2n) is 5.61. The molecule has 2 saturated heterocycles. The molecular formula is C13H22N2O3. The highest BCUT2D eigenvalue weighted by Crippen LogP contribution is 2.28. The van der Waals surface area contributed by atoms with Gasteiger partial charge in [-0.2, -0.15) is 0 Å². The average molecular weight is 254 g/mol. The van der Waals surface area contributed by atoms with E-state index < -0.39 is 5.97 Å². The molecule has 0 radical (unpaired) electrons. The summed E-state index contributed by atoms with van der Waals surface area (Å²) in [6.45, 7) is 6.79. The van der Waals surface area contributed by atoms with E-state index in [1.54, 1.807) is 6.92 Å². The van der Waals surface area contributed by atoms with E-state index >= 15 is 0 Å². The highest BCUT2D eigenvalue weighted by atomic mass is 16.4. The maximum Gasteiger partial charge on any atom is 0.308 e. The molecule has 0 aromatic carbocycles. The largest absolute Gasteiger partial charge is 0.481 e. The number of likely N-dealkylation sites (tertiary alicyclic amines) is 2. The van der Waals surface area contributed by atoms with E-state index in [0.717, 1.165) is 32.5 Å². The van der Waals surface area contributed by atoms with Crippen LogP contribution in [-0.2, 0) is 9.59 Å². The summed E-state index contributed by atoms with van der Waals surface area (Å²) in [4.78, 5) is 26.5. The molecule has 2 aliphatic rings. The molecule has 2 fully saturated rings. The second kappa shape index (κ2) is 5.26. The third kappa shape index (κ3) is 2.66. The van der Waals surface area contributed by atoms with Crippen LogP contribution in [0.3, 0.4) is 0 Å². The predicted octanol–water partition coefficient (Wildman–Crippen LogP) is 0.650. The Morgan fingerprint density at radius 3 is 2.22 bits per heavy atom. The number of carbonyl (C=O) groups is 2. The first-order valence-corrected chi connectivity index (χ1v) is 6.71. The highest BCUT2D eigenvalue weighted by Gasteiger charge is 2.38. The van der Waals surface area contributed by atoms with E-state index in [1.807, 2.05) is 11.8 Å². The van der Waals surface area contributed by atoms with Crippen molar-refractivity contribution >= 4 is 11.9 Å². The summed E-state index contributed by atoms with van der Waals surface area (Å²) in [6, 6.07) is 0.451. The molecule has 5 heteroatoms. The van der Waals surface area contributed by atoms with E-state index in [1.165, 1.54) is 0 Å². The molecule has 0 aromatic heterocycles. The van der Waals surface area contributed by atoms with Crippen LogP contribution < -0.4 is 0 Å². The van der Waals surface area contributed by atoms with Crippen LogP contribution in [0.1, 0.15) is 26.7 Å². The summed E-state index contributed by atoms with van der Waals surface area (Å²) in [7, 11) is 0. The molecule has 102 valence electrons. The number of hydrogen-bond acceptors (Lipinski definition) is 3. The Morgan fingerprint density at radius 1 is 1.17 bits per heavy atom. The molecule has 0 unspecified atom stereocenters. The third-order valence-electron chi connectivity index (χ3n) is 4.38. The number of rotatable bonds is 2. The van der Waals surface area contributed by atoms with Gasteiger partial charge in [-0.25, -0.2) is 0 Å². The molecule has 0 aromatic rings. The highest BCUT2D eigenvalue weighted by molar-refractivity contribution is 5.73. The van der Waals surface area contributed by atoms with Gasteiger partial charge in [-0.05, 0) is 18.8 Å². The maximum atomic E-state index is 11.3. The minimum absolute atomic E-state index is 0.145. The van der Waals surface area contributed by atoms with E-state index in [4.69, 9.17) is 5.11 Å². The van der Waals surface area contributed by atoms with Crippen molar-refractivity contribution in [3.63, 3.8) is 0 Å². The van der Waals surface area contributed by atoms with Crippen LogP contribution in [0.4, 0.5) is 0 Å². The lowest BCUT2D eigenvalue weighted by Crippen LogP contribution is -2.45. The van der Waals surface area contributed by atoms with Gasteiger partial charge in [0, 0.05) is 39.1 Å².